The fraction of sp³-hybridized carbons (Fsp3) is 0.182. The fourth-order valence-corrected chi connectivity index (χ4v) is 1.85. The smallest absolute Gasteiger partial charge is 0.335 e. The molecule has 7 heteroatoms. The Morgan fingerprint density at radius 3 is 2.39 bits per heavy atom. The van der Waals surface area contributed by atoms with Gasteiger partial charge < -0.3 is 9.84 Å². The highest BCUT2D eigenvalue weighted by Gasteiger charge is 2.29. The Bertz CT molecular complexity index is 526. The van der Waals surface area contributed by atoms with Crippen LogP contribution in [0, 0.1) is 0 Å². The monoisotopic (exact) mass is 269 g/mol. The molecule has 0 spiro atoms. The fourth-order valence-electron chi connectivity index (χ4n) is 1.58. The van der Waals surface area contributed by atoms with Crippen LogP contribution in [0.1, 0.15) is 10.4 Å². The molecule has 1 aliphatic heterocycles. The van der Waals surface area contributed by atoms with Crippen LogP contribution in [-0.2, 0) is 14.3 Å². The maximum absolute atomic E-state index is 11.6. The lowest BCUT2D eigenvalue weighted by Crippen LogP contribution is -2.46. The van der Waals surface area contributed by atoms with Crippen LogP contribution in [0.3, 0.4) is 0 Å². The van der Waals surface area contributed by atoms with Gasteiger partial charge in [0, 0.05) is 0 Å². The Labute approximate surface area is 107 Å². The van der Waals surface area contributed by atoms with Crippen molar-refractivity contribution in [2.75, 3.05) is 18.1 Å². The summed E-state index contributed by atoms with van der Waals surface area (Å²) in [6, 6.07) is 3.79. The Kier molecular flexibility index (Phi) is 3.31. The third-order valence-corrected chi connectivity index (χ3v) is 2.69. The molecule has 1 fully saturated rings. The molecule has 0 aromatic heterocycles. The number of carbonyl (C=O) groups is 3. The summed E-state index contributed by atoms with van der Waals surface area (Å²) in [5.41, 5.74) is 0.150. The molecule has 0 bridgehead atoms. The van der Waals surface area contributed by atoms with Crippen molar-refractivity contribution in [3.05, 3.63) is 28.8 Å². The normalized spacial score (nSPS) is 15.9. The van der Waals surface area contributed by atoms with E-state index in [0.29, 0.717) is 0 Å². The summed E-state index contributed by atoms with van der Waals surface area (Å²) in [4.78, 5) is 34.8. The lowest BCUT2D eigenvalue weighted by atomic mass is 10.2. The van der Waals surface area contributed by atoms with Crippen molar-refractivity contribution in [1.29, 1.82) is 0 Å². The number of carboxylic acids is 1. The van der Waals surface area contributed by atoms with Gasteiger partial charge in [0.15, 0.2) is 0 Å². The molecule has 1 aromatic rings. The lowest BCUT2D eigenvalue weighted by molar-refractivity contribution is -0.138. The first-order valence-corrected chi connectivity index (χ1v) is 5.35. The standard InChI is InChI=1S/C11H8ClNO5/c12-7-3-6(11(16)17)1-2-8(7)13-9(14)4-18-5-10(13)15/h1-3H,4-5H2,(H,16,17). The molecule has 1 saturated heterocycles. The Morgan fingerprint density at radius 1 is 1.28 bits per heavy atom. The summed E-state index contributed by atoms with van der Waals surface area (Å²) < 4.78 is 4.77. The Balaban J connectivity index is 2.41. The SMILES string of the molecule is O=C(O)c1ccc(N2C(=O)COCC2=O)c(Cl)c1. The van der Waals surface area contributed by atoms with Gasteiger partial charge in [0.05, 0.1) is 16.3 Å². The van der Waals surface area contributed by atoms with Crippen molar-refractivity contribution in [2.24, 2.45) is 0 Å². The summed E-state index contributed by atoms with van der Waals surface area (Å²) in [5.74, 6) is -2.20. The van der Waals surface area contributed by atoms with Gasteiger partial charge in [-0.05, 0) is 18.2 Å². The number of halogens is 1. The van der Waals surface area contributed by atoms with Gasteiger partial charge in [-0.1, -0.05) is 11.6 Å². The summed E-state index contributed by atoms with van der Waals surface area (Å²) in [5, 5.41) is 8.81. The number of benzene rings is 1. The molecule has 0 atom stereocenters. The number of anilines is 1. The van der Waals surface area contributed by atoms with Gasteiger partial charge in [-0.3, -0.25) is 9.59 Å². The lowest BCUT2D eigenvalue weighted by Gasteiger charge is -2.25. The maximum atomic E-state index is 11.6. The molecular formula is C11H8ClNO5. The van der Waals surface area contributed by atoms with Gasteiger partial charge >= 0.3 is 5.97 Å². The van der Waals surface area contributed by atoms with Crippen LogP contribution in [0.15, 0.2) is 18.2 Å². The summed E-state index contributed by atoms with van der Waals surface area (Å²) in [7, 11) is 0. The van der Waals surface area contributed by atoms with Crippen LogP contribution in [0.2, 0.25) is 5.02 Å². The highest BCUT2D eigenvalue weighted by atomic mass is 35.5. The van der Waals surface area contributed by atoms with Gasteiger partial charge in [0.25, 0.3) is 11.8 Å². The first-order valence-electron chi connectivity index (χ1n) is 4.97. The number of aromatic carboxylic acids is 1. The third-order valence-electron chi connectivity index (χ3n) is 2.39. The van der Waals surface area contributed by atoms with Gasteiger partial charge in [0.2, 0.25) is 0 Å². The number of carbonyl (C=O) groups excluding carboxylic acids is 2. The summed E-state index contributed by atoms with van der Waals surface area (Å²) in [6.07, 6.45) is 0. The van der Waals surface area contributed by atoms with E-state index in [1.54, 1.807) is 0 Å². The van der Waals surface area contributed by atoms with Crippen LogP contribution >= 0.6 is 11.6 Å². The maximum Gasteiger partial charge on any atom is 0.335 e. The zero-order chi connectivity index (χ0) is 13.3. The zero-order valence-electron chi connectivity index (χ0n) is 9.05. The number of morpholine rings is 1. The minimum absolute atomic E-state index is 0.0168. The van der Waals surface area contributed by atoms with Crippen LogP contribution in [0.4, 0.5) is 5.69 Å². The highest BCUT2D eigenvalue weighted by Crippen LogP contribution is 2.28. The second kappa shape index (κ2) is 4.75. The minimum atomic E-state index is -1.14. The average Bonchev–Trinajstić information content (AvgIpc) is 2.30. The predicted octanol–water partition coefficient (Wildman–Crippen LogP) is 0.928. The highest BCUT2D eigenvalue weighted by molar-refractivity contribution is 6.35. The van der Waals surface area contributed by atoms with E-state index < -0.39 is 17.8 Å². The molecule has 1 aromatic carbocycles. The molecule has 1 N–H and O–H groups in total. The van der Waals surface area contributed by atoms with E-state index in [1.807, 2.05) is 0 Å². The molecule has 2 amide bonds. The zero-order valence-corrected chi connectivity index (χ0v) is 9.81. The summed E-state index contributed by atoms with van der Waals surface area (Å²) in [6.45, 7) is -0.411. The quantitative estimate of drug-likeness (QED) is 0.808. The third kappa shape index (κ3) is 2.20. The van der Waals surface area contributed by atoms with Crippen molar-refractivity contribution >= 4 is 35.1 Å². The number of hydrogen-bond acceptors (Lipinski definition) is 4. The number of hydrogen-bond donors (Lipinski definition) is 1. The second-order valence-corrected chi connectivity index (χ2v) is 3.99. The molecule has 0 saturated carbocycles. The molecule has 0 radical (unpaired) electrons. The van der Waals surface area contributed by atoms with E-state index >= 15 is 0 Å². The number of amides is 2. The molecular weight excluding hydrogens is 262 g/mol. The van der Waals surface area contributed by atoms with Crippen LogP contribution in [-0.4, -0.2) is 36.1 Å². The molecule has 1 heterocycles. The molecule has 0 aliphatic carbocycles. The molecule has 18 heavy (non-hydrogen) atoms. The second-order valence-electron chi connectivity index (χ2n) is 3.59. The summed E-state index contributed by atoms with van der Waals surface area (Å²) >= 11 is 5.89. The number of rotatable bonds is 2. The van der Waals surface area contributed by atoms with Crippen LogP contribution in [0.5, 0.6) is 0 Å². The van der Waals surface area contributed by atoms with Crippen molar-refractivity contribution in [1.82, 2.24) is 0 Å². The number of nitrogens with zero attached hydrogens (tertiary/aromatic N) is 1. The largest absolute Gasteiger partial charge is 0.478 e. The molecule has 94 valence electrons. The predicted molar refractivity (Wildman–Crippen MR) is 61.7 cm³/mol. The van der Waals surface area contributed by atoms with Crippen LogP contribution in [0.25, 0.3) is 0 Å². The number of imide groups is 1. The van der Waals surface area contributed by atoms with Gasteiger partial charge in [0.1, 0.15) is 13.2 Å². The van der Waals surface area contributed by atoms with E-state index in [0.717, 1.165) is 4.90 Å². The van der Waals surface area contributed by atoms with Gasteiger partial charge in [-0.15, -0.1) is 0 Å². The average molecular weight is 270 g/mol. The van der Waals surface area contributed by atoms with E-state index in [4.69, 9.17) is 21.4 Å². The number of carboxylic acid groups (broad SMARTS) is 1. The van der Waals surface area contributed by atoms with Crippen molar-refractivity contribution in [3.8, 4) is 0 Å². The van der Waals surface area contributed by atoms with Crippen molar-refractivity contribution in [2.45, 2.75) is 0 Å². The first-order chi connectivity index (χ1) is 8.50. The topological polar surface area (TPSA) is 83.9 Å². The molecule has 1 aliphatic rings. The van der Waals surface area contributed by atoms with Crippen molar-refractivity contribution in [3.63, 3.8) is 0 Å². The Hall–Kier alpha value is -1.92. The minimum Gasteiger partial charge on any atom is -0.478 e. The number of ether oxygens (including phenoxy) is 1. The Morgan fingerprint density at radius 2 is 1.89 bits per heavy atom. The van der Waals surface area contributed by atoms with E-state index in [9.17, 15) is 14.4 Å². The van der Waals surface area contributed by atoms with E-state index in [-0.39, 0.29) is 29.5 Å². The van der Waals surface area contributed by atoms with E-state index in [2.05, 4.69) is 0 Å². The van der Waals surface area contributed by atoms with Gasteiger partial charge in [-0.25, -0.2) is 9.69 Å². The van der Waals surface area contributed by atoms with Gasteiger partial charge in [-0.2, -0.15) is 0 Å². The first kappa shape index (κ1) is 12.5. The van der Waals surface area contributed by atoms with Crippen molar-refractivity contribution < 1.29 is 24.2 Å². The molecule has 0 unspecified atom stereocenters. The van der Waals surface area contributed by atoms with E-state index in [1.165, 1.54) is 18.2 Å². The van der Waals surface area contributed by atoms with Crippen LogP contribution < -0.4 is 4.90 Å². The molecule has 6 nitrogen and oxygen atoms in total. The molecule has 2 rings (SSSR count).